The second-order valence-corrected chi connectivity index (χ2v) is 11.0. The quantitative estimate of drug-likeness (QED) is 0.101. The number of amidine groups is 1. The normalized spacial score (nSPS) is 20.0. The van der Waals surface area contributed by atoms with E-state index >= 15 is 0 Å². The first-order valence-corrected chi connectivity index (χ1v) is 14.2. The van der Waals surface area contributed by atoms with E-state index in [1.807, 2.05) is 18.2 Å². The van der Waals surface area contributed by atoms with Crippen LogP contribution in [0.4, 0.5) is 4.79 Å². The molecule has 1 aromatic rings. The molecule has 4 atom stereocenters. The summed E-state index contributed by atoms with van der Waals surface area (Å²) in [5, 5.41) is 31.0. The number of carboxylic acid groups (broad SMARTS) is 2. The number of nitrogens with one attached hydrogen (secondary N) is 3. The zero-order chi connectivity index (χ0) is 32.8. The van der Waals surface area contributed by atoms with Crippen molar-refractivity contribution in [2.75, 3.05) is 13.1 Å². The van der Waals surface area contributed by atoms with E-state index in [1.165, 1.54) is 4.90 Å². The molecule has 14 heteroatoms. The Hall–Kier alpha value is -5.01. The molecule has 3 rings (SSSR count). The first-order valence-electron chi connectivity index (χ1n) is 14.2. The average molecular weight is 611 g/mol. The van der Waals surface area contributed by atoms with E-state index in [0.717, 1.165) is 23.3 Å². The van der Waals surface area contributed by atoms with Gasteiger partial charge in [0.05, 0.1) is 6.42 Å². The topological polar surface area (TPSA) is 223 Å². The van der Waals surface area contributed by atoms with E-state index in [2.05, 4.69) is 10.6 Å². The summed E-state index contributed by atoms with van der Waals surface area (Å²) >= 11 is 0. The molecular formula is C30H38N6O8. The zero-order valence-corrected chi connectivity index (χ0v) is 24.8. The van der Waals surface area contributed by atoms with Gasteiger partial charge < -0.3 is 31.5 Å². The van der Waals surface area contributed by atoms with Crippen LogP contribution in [0.2, 0.25) is 0 Å². The maximum Gasteiger partial charge on any atom is 0.328 e. The minimum atomic E-state index is -1.67. The monoisotopic (exact) mass is 610 g/mol. The van der Waals surface area contributed by atoms with Crippen LogP contribution in [0.25, 0.3) is 0 Å². The van der Waals surface area contributed by atoms with E-state index < -0.39 is 72.2 Å². The van der Waals surface area contributed by atoms with Crippen molar-refractivity contribution in [3.05, 3.63) is 59.2 Å². The van der Waals surface area contributed by atoms with Gasteiger partial charge in [-0.1, -0.05) is 62.8 Å². The summed E-state index contributed by atoms with van der Waals surface area (Å²) in [5.74, 6) is -6.16. The lowest BCUT2D eigenvalue weighted by atomic mass is 9.89. The first-order chi connectivity index (χ1) is 20.7. The highest BCUT2D eigenvalue weighted by atomic mass is 16.4. The van der Waals surface area contributed by atoms with Gasteiger partial charge in [-0.3, -0.25) is 29.5 Å². The minimum Gasteiger partial charge on any atom is -0.481 e. The summed E-state index contributed by atoms with van der Waals surface area (Å²) in [6.07, 6.45) is 6.89. The predicted octanol–water partition coefficient (Wildman–Crippen LogP) is 1.30. The molecule has 0 aromatic heterocycles. The van der Waals surface area contributed by atoms with Crippen molar-refractivity contribution in [3.8, 4) is 0 Å². The lowest BCUT2D eigenvalue weighted by Gasteiger charge is -2.33. The standard InChI is InChI=1S/C30H38N6O8/c1-4-17(2)24(27(41)42)34-26(40)21(14-23(38)39)33-22(37)16-35-28(43)30(3,20-12-10-19(11-13-20)25(31)32)36(29(35)44)15-18-8-6-5-7-9-18/h6,8-13,17,21,24H,4-5,7,14-16H2,1-3H3,(H3,31,32)(H,33,37)(H,34,40)(H,38,39)(H,41,42)/t17?,21-,24-,30?/m0/s1. The molecule has 0 saturated carbocycles. The van der Waals surface area contributed by atoms with Crippen molar-refractivity contribution >= 4 is 41.5 Å². The molecule has 1 aliphatic carbocycles. The van der Waals surface area contributed by atoms with Gasteiger partial charge in [0.25, 0.3) is 5.91 Å². The number of rotatable bonds is 14. The molecule has 14 nitrogen and oxygen atoms in total. The molecule has 1 aromatic carbocycles. The van der Waals surface area contributed by atoms with Gasteiger partial charge in [0.15, 0.2) is 0 Å². The zero-order valence-electron chi connectivity index (χ0n) is 24.8. The summed E-state index contributed by atoms with van der Waals surface area (Å²) in [6.45, 7) is 4.11. The van der Waals surface area contributed by atoms with Crippen molar-refractivity contribution in [1.29, 1.82) is 5.41 Å². The van der Waals surface area contributed by atoms with Gasteiger partial charge in [0, 0.05) is 12.1 Å². The lowest BCUT2D eigenvalue weighted by Crippen LogP contribution is -2.55. The lowest BCUT2D eigenvalue weighted by molar-refractivity contribution is -0.145. The number of benzene rings is 1. The minimum absolute atomic E-state index is 0.0559. The third-order valence-corrected chi connectivity index (χ3v) is 7.94. The Kier molecular flexibility index (Phi) is 10.6. The van der Waals surface area contributed by atoms with E-state index in [4.69, 9.17) is 11.1 Å². The van der Waals surface area contributed by atoms with Crippen molar-refractivity contribution in [3.63, 3.8) is 0 Å². The molecule has 5 amide bonds. The van der Waals surface area contributed by atoms with Gasteiger partial charge in [-0.25, -0.2) is 9.59 Å². The molecule has 2 unspecified atom stereocenters. The van der Waals surface area contributed by atoms with Crippen LogP contribution >= 0.6 is 0 Å². The smallest absolute Gasteiger partial charge is 0.328 e. The van der Waals surface area contributed by atoms with Crippen molar-refractivity contribution in [2.45, 2.75) is 64.1 Å². The predicted molar refractivity (Wildman–Crippen MR) is 158 cm³/mol. The second-order valence-electron chi connectivity index (χ2n) is 11.0. The highest BCUT2D eigenvalue weighted by molar-refractivity contribution is 6.09. The molecule has 0 bridgehead atoms. The van der Waals surface area contributed by atoms with Crippen LogP contribution in [-0.2, 0) is 29.5 Å². The summed E-state index contributed by atoms with van der Waals surface area (Å²) in [5.41, 5.74) is 5.64. The van der Waals surface area contributed by atoms with Crippen LogP contribution in [0, 0.1) is 11.3 Å². The van der Waals surface area contributed by atoms with Gasteiger partial charge in [0.1, 0.15) is 30.0 Å². The molecule has 7 N–H and O–H groups in total. The van der Waals surface area contributed by atoms with E-state index in [1.54, 1.807) is 45.0 Å². The molecule has 0 radical (unpaired) electrons. The number of nitrogens with two attached hydrogens (primary N) is 1. The number of nitrogens with zero attached hydrogens (tertiary/aromatic N) is 2. The van der Waals surface area contributed by atoms with Gasteiger partial charge in [-0.2, -0.15) is 0 Å². The number of urea groups is 1. The van der Waals surface area contributed by atoms with Crippen LogP contribution in [0.3, 0.4) is 0 Å². The highest BCUT2D eigenvalue weighted by Gasteiger charge is 2.55. The van der Waals surface area contributed by atoms with E-state index in [9.17, 15) is 39.0 Å². The Bertz CT molecular complexity index is 1400. The molecule has 1 heterocycles. The number of imide groups is 1. The molecule has 1 fully saturated rings. The SMILES string of the molecule is CCC(C)[C@H](NC(=O)[C@H](CC(=O)O)NC(=O)CN1C(=O)N(CC2=CCCC=C2)C(C)(c2ccc(C(=N)N)cc2)C1=O)C(=O)O. The number of nitrogen functional groups attached to an aromatic ring is 1. The molecule has 236 valence electrons. The van der Waals surface area contributed by atoms with Crippen LogP contribution in [0.5, 0.6) is 0 Å². The number of amides is 5. The molecule has 1 saturated heterocycles. The van der Waals surface area contributed by atoms with Crippen LogP contribution in [-0.4, -0.2) is 86.7 Å². The van der Waals surface area contributed by atoms with Gasteiger partial charge in [0.2, 0.25) is 11.8 Å². The van der Waals surface area contributed by atoms with Gasteiger partial charge in [-0.05, 0) is 36.8 Å². The molecule has 1 aliphatic heterocycles. The van der Waals surface area contributed by atoms with E-state index in [0.29, 0.717) is 17.5 Å². The fourth-order valence-electron chi connectivity index (χ4n) is 5.09. The Labute approximate surface area is 254 Å². The Morgan fingerprint density at radius 3 is 2.27 bits per heavy atom. The average Bonchev–Trinajstić information content (AvgIpc) is 3.16. The number of aliphatic carboxylic acids is 2. The second kappa shape index (κ2) is 14.0. The van der Waals surface area contributed by atoms with Crippen molar-refractivity contribution in [1.82, 2.24) is 20.4 Å². The number of allylic oxidation sites excluding steroid dienone is 2. The maximum absolute atomic E-state index is 13.9. The summed E-state index contributed by atoms with van der Waals surface area (Å²) in [4.78, 5) is 78.9. The maximum atomic E-state index is 13.9. The van der Waals surface area contributed by atoms with Gasteiger partial charge in [-0.15, -0.1) is 0 Å². The van der Waals surface area contributed by atoms with Crippen LogP contribution in [0.1, 0.15) is 57.6 Å². The molecule has 2 aliphatic rings. The summed E-state index contributed by atoms with van der Waals surface area (Å²) < 4.78 is 0. The number of hydrogen-bond donors (Lipinski definition) is 6. The Morgan fingerprint density at radius 2 is 1.75 bits per heavy atom. The first kappa shape index (κ1) is 33.5. The largest absolute Gasteiger partial charge is 0.481 e. The summed E-state index contributed by atoms with van der Waals surface area (Å²) in [7, 11) is 0. The number of hydrogen-bond acceptors (Lipinski definition) is 7. The van der Waals surface area contributed by atoms with Crippen LogP contribution in [0.15, 0.2) is 48.1 Å². The molecule has 44 heavy (non-hydrogen) atoms. The third kappa shape index (κ3) is 7.30. The number of carbonyl (C=O) groups is 6. The van der Waals surface area contributed by atoms with Crippen molar-refractivity contribution < 1.29 is 39.0 Å². The van der Waals surface area contributed by atoms with Crippen molar-refractivity contribution in [2.24, 2.45) is 11.7 Å². The van der Waals surface area contributed by atoms with Gasteiger partial charge >= 0.3 is 18.0 Å². The van der Waals surface area contributed by atoms with Crippen LogP contribution < -0.4 is 16.4 Å². The number of carbonyl (C=O) groups excluding carboxylic acids is 4. The van der Waals surface area contributed by atoms with E-state index in [-0.39, 0.29) is 12.4 Å². The molecule has 0 spiro atoms. The highest BCUT2D eigenvalue weighted by Crippen LogP contribution is 2.38. The Morgan fingerprint density at radius 1 is 1.09 bits per heavy atom. The fourth-order valence-corrected chi connectivity index (χ4v) is 5.09. The Balaban J connectivity index is 1.88. The third-order valence-electron chi connectivity index (χ3n) is 7.94. The summed E-state index contributed by atoms with van der Waals surface area (Å²) in [6, 6.07) is 2.48. The molecular weight excluding hydrogens is 572 g/mol. The fraction of sp³-hybridized carbons (Fsp3) is 0.433. The number of carboxylic acids is 2.